The van der Waals surface area contributed by atoms with E-state index in [4.69, 9.17) is 0 Å². The number of piperidine rings is 1. The maximum atomic E-state index is 12.2. The van der Waals surface area contributed by atoms with Gasteiger partial charge < -0.3 is 4.90 Å². The number of likely N-dealkylation sites (tertiary alicyclic amines) is 1. The van der Waals surface area contributed by atoms with Crippen LogP contribution in [0.5, 0.6) is 0 Å². The lowest BCUT2D eigenvalue weighted by Gasteiger charge is -2.26. The summed E-state index contributed by atoms with van der Waals surface area (Å²) in [5.41, 5.74) is 0.518. The summed E-state index contributed by atoms with van der Waals surface area (Å²) in [6.07, 6.45) is 4.60. The van der Waals surface area contributed by atoms with E-state index in [9.17, 15) is 13.2 Å². The smallest absolute Gasteiger partial charge is 0.240 e. The molecule has 1 aromatic rings. The topological polar surface area (TPSA) is 66.5 Å². The van der Waals surface area contributed by atoms with Crippen molar-refractivity contribution < 1.29 is 13.2 Å². The molecule has 2 rings (SSSR count). The lowest BCUT2D eigenvalue weighted by Crippen LogP contribution is -2.33. The average Bonchev–Trinajstić information content (AvgIpc) is 2.53. The average molecular weight is 324 g/mol. The summed E-state index contributed by atoms with van der Waals surface area (Å²) in [6, 6.07) is 6.04. The second kappa shape index (κ2) is 7.85. The third kappa shape index (κ3) is 4.90. The Morgan fingerprint density at radius 1 is 1.14 bits per heavy atom. The highest BCUT2D eigenvalue weighted by Crippen LogP contribution is 2.11. The summed E-state index contributed by atoms with van der Waals surface area (Å²) in [6.45, 7) is 5.08. The number of nitrogens with zero attached hydrogens (tertiary/aromatic N) is 1. The number of carbonyl (C=O) groups is 1. The maximum Gasteiger partial charge on any atom is 0.240 e. The summed E-state index contributed by atoms with van der Waals surface area (Å²) in [5, 5.41) is 0. The van der Waals surface area contributed by atoms with E-state index in [0.717, 1.165) is 26.1 Å². The molecule has 0 bridgehead atoms. The van der Waals surface area contributed by atoms with Crippen LogP contribution in [0.15, 0.2) is 29.2 Å². The van der Waals surface area contributed by atoms with E-state index in [1.165, 1.54) is 38.3 Å². The van der Waals surface area contributed by atoms with Crippen LogP contribution in [-0.4, -0.2) is 45.3 Å². The van der Waals surface area contributed by atoms with Gasteiger partial charge in [-0.25, -0.2) is 13.1 Å². The first-order valence-electron chi connectivity index (χ1n) is 7.82. The Morgan fingerprint density at radius 2 is 1.77 bits per heavy atom. The van der Waals surface area contributed by atoms with Crippen molar-refractivity contribution in [2.75, 3.05) is 26.2 Å². The van der Waals surface area contributed by atoms with Gasteiger partial charge in [0.1, 0.15) is 0 Å². The summed E-state index contributed by atoms with van der Waals surface area (Å²) in [7, 11) is -3.49. The van der Waals surface area contributed by atoms with Crippen LogP contribution in [0, 0.1) is 0 Å². The summed E-state index contributed by atoms with van der Waals surface area (Å²) < 4.78 is 26.9. The molecule has 1 heterocycles. The van der Waals surface area contributed by atoms with Crippen LogP contribution in [0.4, 0.5) is 0 Å². The first-order valence-corrected chi connectivity index (χ1v) is 9.30. The molecule has 0 saturated carbocycles. The minimum atomic E-state index is -3.49. The van der Waals surface area contributed by atoms with Gasteiger partial charge in [-0.15, -0.1) is 0 Å². The lowest BCUT2D eigenvalue weighted by molar-refractivity contribution is 0.101. The van der Waals surface area contributed by atoms with E-state index in [-0.39, 0.29) is 10.7 Å². The molecule has 0 aromatic heterocycles. The molecule has 0 amide bonds. The van der Waals surface area contributed by atoms with Gasteiger partial charge in [0.2, 0.25) is 10.0 Å². The fourth-order valence-electron chi connectivity index (χ4n) is 2.64. The van der Waals surface area contributed by atoms with Crippen LogP contribution < -0.4 is 4.72 Å². The Hall–Kier alpha value is -1.24. The molecule has 1 fully saturated rings. The number of nitrogens with one attached hydrogen (secondary N) is 1. The Kier molecular flexibility index (Phi) is 6.11. The van der Waals surface area contributed by atoms with Crippen molar-refractivity contribution in [2.45, 2.75) is 37.5 Å². The van der Waals surface area contributed by atoms with Crippen LogP contribution in [0.25, 0.3) is 0 Å². The van der Waals surface area contributed by atoms with Crippen LogP contribution >= 0.6 is 0 Å². The fourth-order valence-corrected chi connectivity index (χ4v) is 3.72. The third-order valence-electron chi connectivity index (χ3n) is 3.96. The minimum absolute atomic E-state index is 0.0709. The zero-order valence-electron chi connectivity index (χ0n) is 13.0. The van der Waals surface area contributed by atoms with Crippen molar-refractivity contribution in [1.29, 1.82) is 0 Å². The van der Waals surface area contributed by atoms with Gasteiger partial charge in [0.25, 0.3) is 0 Å². The molecule has 5 nitrogen and oxygen atoms in total. The van der Waals surface area contributed by atoms with Crippen molar-refractivity contribution in [2.24, 2.45) is 0 Å². The van der Waals surface area contributed by atoms with Crippen molar-refractivity contribution in [3.63, 3.8) is 0 Å². The molecule has 0 spiro atoms. The van der Waals surface area contributed by atoms with Crippen LogP contribution in [0.3, 0.4) is 0 Å². The summed E-state index contributed by atoms with van der Waals surface area (Å²) in [5.74, 6) is -0.0709. The molecule has 1 N–H and O–H groups in total. The van der Waals surface area contributed by atoms with E-state index in [1.54, 1.807) is 12.1 Å². The second-order valence-electron chi connectivity index (χ2n) is 5.73. The molecule has 122 valence electrons. The molecule has 0 atom stereocenters. The van der Waals surface area contributed by atoms with E-state index in [1.807, 2.05) is 0 Å². The number of Topliss-reactive ketones (excluding diaryl/α,β-unsaturated/α-hetero) is 1. The SMILES string of the molecule is CC(=O)c1ccc(S(=O)(=O)NCCCN2CCCCC2)cc1. The number of benzene rings is 1. The highest BCUT2D eigenvalue weighted by atomic mass is 32.2. The van der Waals surface area contributed by atoms with Gasteiger partial charge in [-0.1, -0.05) is 18.6 Å². The lowest BCUT2D eigenvalue weighted by atomic mass is 10.1. The van der Waals surface area contributed by atoms with Crippen LogP contribution in [-0.2, 0) is 10.0 Å². The van der Waals surface area contributed by atoms with E-state index in [2.05, 4.69) is 9.62 Å². The van der Waals surface area contributed by atoms with Crippen molar-refractivity contribution in [1.82, 2.24) is 9.62 Å². The van der Waals surface area contributed by atoms with E-state index in [0.29, 0.717) is 12.1 Å². The molecular weight excluding hydrogens is 300 g/mol. The summed E-state index contributed by atoms with van der Waals surface area (Å²) in [4.78, 5) is 13.8. The quantitative estimate of drug-likeness (QED) is 0.616. The van der Waals surface area contributed by atoms with E-state index >= 15 is 0 Å². The highest BCUT2D eigenvalue weighted by molar-refractivity contribution is 7.89. The van der Waals surface area contributed by atoms with Crippen LogP contribution in [0.2, 0.25) is 0 Å². The van der Waals surface area contributed by atoms with Gasteiger partial charge >= 0.3 is 0 Å². The molecule has 1 aliphatic rings. The molecule has 6 heteroatoms. The number of rotatable bonds is 7. The number of sulfonamides is 1. The van der Waals surface area contributed by atoms with E-state index < -0.39 is 10.0 Å². The van der Waals surface area contributed by atoms with Gasteiger partial charge in [-0.05, 0) is 58.0 Å². The molecule has 0 unspecified atom stereocenters. The Balaban J connectivity index is 1.81. The maximum absolute atomic E-state index is 12.2. The molecule has 1 saturated heterocycles. The third-order valence-corrected chi connectivity index (χ3v) is 5.44. The summed E-state index contributed by atoms with van der Waals surface area (Å²) >= 11 is 0. The minimum Gasteiger partial charge on any atom is -0.303 e. The first kappa shape index (κ1) is 17.1. The molecule has 1 aliphatic heterocycles. The predicted molar refractivity (Wildman–Crippen MR) is 86.5 cm³/mol. The monoisotopic (exact) mass is 324 g/mol. The fraction of sp³-hybridized carbons (Fsp3) is 0.562. The highest BCUT2D eigenvalue weighted by Gasteiger charge is 2.14. The van der Waals surface area contributed by atoms with Crippen molar-refractivity contribution in [3.8, 4) is 0 Å². The largest absolute Gasteiger partial charge is 0.303 e. The van der Waals surface area contributed by atoms with Gasteiger partial charge in [0, 0.05) is 12.1 Å². The zero-order valence-corrected chi connectivity index (χ0v) is 13.9. The second-order valence-corrected chi connectivity index (χ2v) is 7.50. The predicted octanol–water partition coefficient (Wildman–Crippen LogP) is 2.04. The van der Waals surface area contributed by atoms with Crippen molar-refractivity contribution >= 4 is 15.8 Å². The van der Waals surface area contributed by atoms with Crippen LogP contribution in [0.1, 0.15) is 43.0 Å². The number of ketones is 1. The zero-order chi connectivity index (χ0) is 16.0. The Bertz CT molecular complexity index is 590. The normalized spacial score (nSPS) is 16.6. The Labute approximate surface area is 132 Å². The molecule has 0 aliphatic carbocycles. The molecule has 1 aromatic carbocycles. The van der Waals surface area contributed by atoms with Gasteiger partial charge in [0.05, 0.1) is 4.90 Å². The van der Waals surface area contributed by atoms with Crippen molar-refractivity contribution in [3.05, 3.63) is 29.8 Å². The first-order chi connectivity index (χ1) is 10.5. The Morgan fingerprint density at radius 3 is 2.36 bits per heavy atom. The molecular formula is C16H24N2O3S. The van der Waals surface area contributed by atoms with Gasteiger partial charge in [-0.3, -0.25) is 4.79 Å². The molecule has 22 heavy (non-hydrogen) atoms. The number of hydrogen-bond acceptors (Lipinski definition) is 4. The van der Waals surface area contributed by atoms with Gasteiger partial charge in [0.15, 0.2) is 5.78 Å². The standard InChI is InChI=1S/C16H24N2O3S/c1-14(19)15-6-8-16(9-7-15)22(20,21)17-10-5-13-18-11-3-2-4-12-18/h6-9,17H,2-5,10-13H2,1H3. The van der Waals surface area contributed by atoms with Gasteiger partial charge in [-0.2, -0.15) is 0 Å². The molecule has 0 radical (unpaired) electrons. The number of carbonyl (C=O) groups excluding carboxylic acids is 1. The number of hydrogen-bond donors (Lipinski definition) is 1.